The van der Waals surface area contributed by atoms with Crippen LogP contribution in [0, 0.1) is 13.8 Å². The molecule has 0 saturated heterocycles. The number of carbonyl (C=O) groups is 1. The Balaban J connectivity index is 1.34. The Kier molecular flexibility index (Phi) is 6.70. The van der Waals surface area contributed by atoms with E-state index in [9.17, 15) is 13.2 Å². The summed E-state index contributed by atoms with van der Waals surface area (Å²) in [5.41, 5.74) is 4.08. The van der Waals surface area contributed by atoms with Crippen molar-refractivity contribution in [2.45, 2.75) is 38.5 Å². The molecule has 176 valence electrons. The number of hydrogen-bond acceptors (Lipinski definition) is 4. The fourth-order valence-corrected chi connectivity index (χ4v) is 4.86. The Bertz CT molecular complexity index is 1440. The van der Waals surface area contributed by atoms with Gasteiger partial charge in [0.05, 0.1) is 10.6 Å². The maximum atomic E-state index is 12.7. The predicted octanol–water partition coefficient (Wildman–Crippen LogP) is 4.44. The standard InChI is InChI=1S/C26H28N4O3S/c1-4-25-28-19(3)17-30(25)23-10-6-20(7-11-23)13-14-27-26(31)29-34(32,33)24-12-9-21-8-5-18(2)15-22(21)16-24/h5-12,15-17H,4,13-14H2,1-3H3,(H2,27,29,31). The third-order valence-corrected chi connectivity index (χ3v) is 6.96. The highest BCUT2D eigenvalue weighted by Crippen LogP contribution is 2.20. The third kappa shape index (κ3) is 5.28. The van der Waals surface area contributed by atoms with Crippen LogP contribution in [0.1, 0.15) is 29.6 Å². The molecule has 0 radical (unpaired) electrons. The molecule has 3 aromatic carbocycles. The van der Waals surface area contributed by atoms with E-state index in [4.69, 9.17) is 0 Å². The maximum Gasteiger partial charge on any atom is 0.328 e. The molecule has 0 aliphatic carbocycles. The molecule has 0 unspecified atom stereocenters. The van der Waals surface area contributed by atoms with Crippen LogP contribution in [-0.4, -0.2) is 30.5 Å². The van der Waals surface area contributed by atoms with Crippen molar-refractivity contribution in [3.63, 3.8) is 0 Å². The number of fused-ring (bicyclic) bond motifs is 1. The van der Waals surface area contributed by atoms with Gasteiger partial charge in [0, 0.05) is 24.8 Å². The zero-order chi connectivity index (χ0) is 24.3. The summed E-state index contributed by atoms with van der Waals surface area (Å²) in [6, 6.07) is 17.9. The Morgan fingerprint density at radius 2 is 1.71 bits per heavy atom. The van der Waals surface area contributed by atoms with Crippen molar-refractivity contribution in [2.75, 3.05) is 6.54 Å². The topological polar surface area (TPSA) is 93.1 Å². The van der Waals surface area contributed by atoms with Crippen molar-refractivity contribution in [2.24, 2.45) is 0 Å². The molecule has 0 bridgehead atoms. The number of hydrogen-bond donors (Lipinski definition) is 2. The molecule has 2 amide bonds. The molecular weight excluding hydrogens is 448 g/mol. The van der Waals surface area contributed by atoms with Gasteiger partial charge < -0.3 is 9.88 Å². The number of rotatable bonds is 7. The number of sulfonamides is 1. The quantitative estimate of drug-likeness (QED) is 0.413. The van der Waals surface area contributed by atoms with E-state index in [-0.39, 0.29) is 4.90 Å². The highest BCUT2D eigenvalue weighted by molar-refractivity contribution is 7.90. The average Bonchev–Trinajstić information content (AvgIpc) is 3.19. The number of nitrogens with zero attached hydrogens (tertiary/aromatic N) is 2. The lowest BCUT2D eigenvalue weighted by Crippen LogP contribution is -2.40. The van der Waals surface area contributed by atoms with Gasteiger partial charge in [-0.2, -0.15) is 0 Å². The Labute approximate surface area is 199 Å². The summed E-state index contributed by atoms with van der Waals surface area (Å²) in [6.07, 6.45) is 3.43. The SMILES string of the molecule is CCc1nc(C)cn1-c1ccc(CCNC(=O)NS(=O)(=O)c2ccc3ccc(C)cc3c2)cc1. The summed E-state index contributed by atoms with van der Waals surface area (Å²) < 4.78 is 29.5. The van der Waals surface area contributed by atoms with E-state index in [2.05, 4.69) is 26.5 Å². The molecule has 0 aliphatic rings. The zero-order valence-electron chi connectivity index (χ0n) is 19.5. The lowest BCUT2D eigenvalue weighted by Gasteiger charge is -2.10. The second-order valence-corrected chi connectivity index (χ2v) is 9.99. The van der Waals surface area contributed by atoms with E-state index >= 15 is 0 Å². The normalized spacial score (nSPS) is 11.5. The van der Waals surface area contributed by atoms with E-state index in [1.165, 1.54) is 6.07 Å². The van der Waals surface area contributed by atoms with Gasteiger partial charge in [0.2, 0.25) is 0 Å². The van der Waals surface area contributed by atoms with Gasteiger partial charge in [0.25, 0.3) is 10.0 Å². The highest BCUT2D eigenvalue weighted by Gasteiger charge is 2.18. The van der Waals surface area contributed by atoms with Gasteiger partial charge in [0.15, 0.2) is 0 Å². The first-order valence-electron chi connectivity index (χ1n) is 11.2. The first-order valence-corrected chi connectivity index (χ1v) is 12.7. The van der Waals surface area contributed by atoms with Crippen LogP contribution in [-0.2, 0) is 22.9 Å². The number of carbonyl (C=O) groups excluding carboxylic acids is 1. The summed E-state index contributed by atoms with van der Waals surface area (Å²) in [5, 5.41) is 4.37. The molecule has 1 aromatic heterocycles. The number of benzene rings is 3. The monoisotopic (exact) mass is 476 g/mol. The van der Waals surface area contributed by atoms with Crippen LogP contribution in [0.5, 0.6) is 0 Å². The van der Waals surface area contributed by atoms with Crippen LogP contribution < -0.4 is 10.0 Å². The van der Waals surface area contributed by atoms with Gasteiger partial charge in [-0.1, -0.05) is 48.9 Å². The first-order chi connectivity index (χ1) is 16.2. The Morgan fingerprint density at radius 3 is 2.44 bits per heavy atom. The van der Waals surface area contributed by atoms with Crippen molar-refractivity contribution in [3.05, 3.63) is 89.5 Å². The molecule has 1 heterocycles. The molecule has 7 nitrogen and oxygen atoms in total. The van der Waals surface area contributed by atoms with E-state index in [1.54, 1.807) is 12.1 Å². The van der Waals surface area contributed by atoms with Gasteiger partial charge in [0.1, 0.15) is 5.82 Å². The average molecular weight is 477 g/mol. The summed E-state index contributed by atoms with van der Waals surface area (Å²) in [6.45, 7) is 6.30. The number of aromatic nitrogens is 2. The maximum absolute atomic E-state index is 12.7. The Hall–Kier alpha value is -3.65. The molecule has 4 aromatic rings. The largest absolute Gasteiger partial charge is 0.337 e. The number of urea groups is 1. The highest BCUT2D eigenvalue weighted by atomic mass is 32.2. The fraction of sp³-hybridized carbons (Fsp3) is 0.231. The number of aryl methyl sites for hydroxylation is 3. The fourth-order valence-electron chi connectivity index (χ4n) is 3.89. The summed E-state index contributed by atoms with van der Waals surface area (Å²) in [4.78, 5) is 16.8. The van der Waals surface area contributed by atoms with Crippen molar-refractivity contribution >= 4 is 26.8 Å². The lowest BCUT2D eigenvalue weighted by molar-refractivity contribution is 0.246. The summed E-state index contributed by atoms with van der Waals surface area (Å²) in [7, 11) is -3.97. The smallest absolute Gasteiger partial charge is 0.328 e. The molecule has 4 rings (SSSR count). The summed E-state index contributed by atoms with van der Waals surface area (Å²) >= 11 is 0. The predicted molar refractivity (Wildman–Crippen MR) is 134 cm³/mol. The molecule has 0 fully saturated rings. The molecule has 0 saturated carbocycles. The van der Waals surface area contributed by atoms with E-state index in [1.807, 2.05) is 62.5 Å². The molecule has 2 N–H and O–H groups in total. The zero-order valence-corrected chi connectivity index (χ0v) is 20.3. The van der Waals surface area contributed by atoms with Gasteiger partial charge in [-0.05, 0) is 60.9 Å². The second-order valence-electron chi connectivity index (χ2n) is 8.31. The van der Waals surface area contributed by atoms with Crippen LogP contribution in [0.4, 0.5) is 4.79 Å². The van der Waals surface area contributed by atoms with Crippen LogP contribution in [0.15, 0.2) is 71.8 Å². The second kappa shape index (κ2) is 9.69. The first kappa shape index (κ1) is 23.5. The summed E-state index contributed by atoms with van der Waals surface area (Å²) in [5.74, 6) is 1.01. The van der Waals surface area contributed by atoms with Crippen LogP contribution >= 0.6 is 0 Å². The van der Waals surface area contributed by atoms with Crippen LogP contribution in [0.2, 0.25) is 0 Å². The van der Waals surface area contributed by atoms with Gasteiger partial charge >= 0.3 is 6.03 Å². The molecule has 0 atom stereocenters. The van der Waals surface area contributed by atoms with Crippen LogP contribution in [0.25, 0.3) is 16.5 Å². The van der Waals surface area contributed by atoms with Crippen molar-refractivity contribution in [1.82, 2.24) is 19.6 Å². The number of imidazole rings is 1. The van der Waals surface area contributed by atoms with Crippen LogP contribution in [0.3, 0.4) is 0 Å². The Morgan fingerprint density at radius 1 is 0.971 bits per heavy atom. The third-order valence-electron chi connectivity index (χ3n) is 5.63. The minimum Gasteiger partial charge on any atom is -0.337 e. The van der Waals surface area contributed by atoms with Gasteiger partial charge in [-0.25, -0.2) is 22.9 Å². The minimum atomic E-state index is -3.97. The molecular formula is C26H28N4O3S. The number of amides is 2. The molecule has 0 spiro atoms. The van der Waals surface area contributed by atoms with Crippen molar-refractivity contribution in [1.29, 1.82) is 0 Å². The van der Waals surface area contributed by atoms with E-state index < -0.39 is 16.1 Å². The lowest BCUT2D eigenvalue weighted by atomic mass is 10.1. The molecule has 0 aliphatic heterocycles. The van der Waals surface area contributed by atoms with Gasteiger partial charge in [-0.15, -0.1) is 0 Å². The van der Waals surface area contributed by atoms with E-state index in [0.717, 1.165) is 45.5 Å². The minimum absolute atomic E-state index is 0.0533. The molecule has 34 heavy (non-hydrogen) atoms. The molecule has 8 heteroatoms. The van der Waals surface area contributed by atoms with E-state index in [0.29, 0.717) is 13.0 Å². The van der Waals surface area contributed by atoms with Gasteiger partial charge in [-0.3, -0.25) is 0 Å². The van der Waals surface area contributed by atoms with Crippen molar-refractivity contribution < 1.29 is 13.2 Å². The van der Waals surface area contributed by atoms with Crippen molar-refractivity contribution in [3.8, 4) is 5.69 Å². The number of nitrogens with one attached hydrogen (secondary N) is 2.